The van der Waals surface area contributed by atoms with Crippen molar-refractivity contribution in [2.45, 2.75) is 51.4 Å². The van der Waals surface area contributed by atoms with E-state index in [0.29, 0.717) is 0 Å². The van der Waals surface area contributed by atoms with Crippen molar-refractivity contribution in [2.24, 2.45) is 0 Å². The largest absolute Gasteiger partial charge is 0.408 e. The Kier molecular flexibility index (Phi) is 3.52. The van der Waals surface area contributed by atoms with E-state index in [1.807, 2.05) is 0 Å². The minimum Gasteiger partial charge on any atom is -0.408 e. The molecule has 0 spiro atoms. The van der Waals surface area contributed by atoms with Crippen LogP contribution in [0.3, 0.4) is 0 Å². The molecule has 0 unspecified atom stereocenters. The van der Waals surface area contributed by atoms with Gasteiger partial charge in [-0.05, 0) is 57.0 Å². The second-order valence-electron chi connectivity index (χ2n) is 6.41. The van der Waals surface area contributed by atoms with Gasteiger partial charge in [-0.1, -0.05) is 36.4 Å². The summed E-state index contributed by atoms with van der Waals surface area (Å²) in [4.78, 5) is 0. The highest BCUT2D eigenvalue weighted by Crippen LogP contribution is 2.46. The van der Waals surface area contributed by atoms with Gasteiger partial charge < -0.3 is 4.43 Å². The molecule has 1 aliphatic rings. The van der Waals surface area contributed by atoms with Crippen molar-refractivity contribution < 1.29 is 4.43 Å². The quantitative estimate of drug-likeness (QED) is 0.708. The molecule has 0 amide bonds. The monoisotopic (exact) mass is 260 g/mol. The molecule has 0 bridgehead atoms. The topological polar surface area (TPSA) is 9.23 Å². The summed E-state index contributed by atoms with van der Waals surface area (Å²) in [7, 11) is -1.53. The summed E-state index contributed by atoms with van der Waals surface area (Å²) in [6.45, 7) is 13.2. The van der Waals surface area contributed by atoms with Crippen LogP contribution in [0.4, 0.5) is 0 Å². The highest BCUT2D eigenvalue weighted by atomic mass is 28.4. The van der Waals surface area contributed by atoms with Crippen LogP contribution in [0.15, 0.2) is 30.8 Å². The van der Waals surface area contributed by atoms with Crippen molar-refractivity contribution >= 4 is 13.9 Å². The molecule has 2 heteroatoms. The van der Waals surface area contributed by atoms with Crippen LogP contribution in [0.2, 0.25) is 19.6 Å². The fourth-order valence-corrected chi connectivity index (χ4v) is 4.07. The van der Waals surface area contributed by atoms with E-state index in [4.69, 9.17) is 4.43 Å². The van der Waals surface area contributed by atoms with Gasteiger partial charge in [0.2, 0.25) is 0 Å². The summed E-state index contributed by atoms with van der Waals surface area (Å²) < 4.78 is 6.45. The Labute approximate surface area is 112 Å². The maximum absolute atomic E-state index is 6.45. The molecule has 0 aromatic heterocycles. The van der Waals surface area contributed by atoms with Gasteiger partial charge >= 0.3 is 0 Å². The van der Waals surface area contributed by atoms with Gasteiger partial charge in [0.25, 0.3) is 0 Å². The molecule has 0 saturated heterocycles. The van der Waals surface area contributed by atoms with E-state index in [9.17, 15) is 0 Å². The summed E-state index contributed by atoms with van der Waals surface area (Å²) in [5.41, 5.74) is 3.63. The maximum atomic E-state index is 6.45. The Hall–Kier alpha value is -0.863. The lowest BCUT2D eigenvalue weighted by atomic mass is 9.73. The number of rotatable bonds is 4. The lowest BCUT2D eigenvalue weighted by molar-refractivity contribution is 0.0432. The van der Waals surface area contributed by atoms with Crippen molar-refractivity contribution in [1.82, 2.24) is 0 Å². The molecular weight excluding hydrogens is 236 g/mol. The first-order valence-corrected chi connectivity index (χ1v) is 10.2. The third kappa shape index (κ3) is 2.75. The predicted molar refractivity (Wildman–Crippen MR) is 81.2 cm³/mol. The smallest absolute Gasteiger partial charge is 0.184 e. The Morgan fingerprint density at radius 3 is 2.11 bits per heavy atom. The molecule has 2 rings (SSSR count). The molecule has 0 aliphatic heterocycles. The second kappa shape index (κ2) is 4.67. The third-order valence-corrected chi connectivity index (χ3v) is 4.62. The van der Waals surface area contributed by atoms with Crippen LogP contribution in [0.5, 0.6) is 0 Å². The van der Waals surface area contributed by atoms with Gasteiger partial charge in [0.1, 0.15) is 0 Å². The zero-order valence-electron chi connectivity index (χ0n) is 12.0. The molecule has 1 aromatic carbocycles. The standard InChI is InChI=1S/C16H24OSi/c1-13-7-9-15(10-8-13)14(2)16(11-6-12-16)17-18(3,4)5/h7-10H,2,6,11-12H2,1,3-5H3. The summed E-state index contributed by atoms with van der Waals surface area (Å²) in [5.74, 6) is 0. The first-order valence-electron chi connectivity index (χ1n) is 6.79. The van der Waals surface area contributed by atoms with Gasteiger partial charge in [0, 0.05) is 0 Å². The first kappa shape index (κ1) is 13.6. The molecule has 0 radical (unpaired) electrons. The van der Waals surface area contributed by atoms with Crippen LogP contribution in [0.1, 0.15) is 30.4 Å². The van der Waals surface area contributed by atoms with E-state index >= 15 is 0 Å². The SMILES string of the molecule is C=C(c1ccc(C)cc1)C1(O[Si](C)(C)C)CCC1. The van der Waals surface area contributed by atoms with Crippen molar-refractivity contribution in [3.63, 3.8) is 0 Å². The van der Waals surface area contributed by atoms with Gasteiger partial charge in [0.05, 0.1) is 5.60 Å². The number of benzene rings is 1. The van der Waals surface area contributed by atoms with Gasteiger partial charge in [-0.25, -0.2) is 0 Å². The second-order valence-corrected chi connectivity index (χ2v) is 10.8. The molecule has 0 heterocycles. The summed E-state index contributed by atoms with van der Waals surface area (Å²) in [5, 5.41) is 0. The zero-order chi connectivity index (χ0) is 13.4. The molecule has 1 nitrogen and oxygen atoms in total. The molecular formula is C16H24OSi. The molecule has 0 N–H and O–H groups in total. The fraction of sp³-hybridized carbons (Fsp3) is 0.500. The Bertz CT molecular complexity index is 435. The minimum absolute atomic E-state index is 0.0697. The fourth-order valence-electron chi connectivity index (χ4n) is 2.57. The molecule has 18 heavy (non-hydrogen) atoms. The Balaban J connectivity index is 2.23. The van der Waals surface area contributed by atoms with E-state index in [1.165, 1.54) is 23.1 Å². The van der Waals surface area contributed by atoms with Crippen molar-refractivity contribution in [2.75, 3.05) is 0 Å². The van der Waals surface area contributed by atoms with Crippen LogP contribution < -0.4 is 0 Å². The van der Waals surface area contributed by atoms with Crippen molar-refractivity contribution in [3.8, 4) is 0 Å². The number of hydrogen-bond acceptors (Lipinski definition) is 1. The van der Waals surface area contributed by atoms with Crippen LogP contribution in [-0.2, 0) is 4.43 Å². The average molecular weight is 260 g/mol. The van der Waals surface area contributed by atoms with Crippen molar-refractivity contribution in [1.29, 1.82) is 0 Å². The Morgan fingerprint density at radius 1 is 1.17 bits per heavy atom. The molecule has 1 saturated carbocycles. The zero-order valence-corrected chi connectivity index (χ0v) is 13.0. The van der Waals surface area contributed by atoms with Crippen LogP contribution in [0.25, 0.3) is 5.57 Å². The molecule has 0 atom stereocenters. The average Bonchev–Trinajstić information content (AvgIpc) is 2.22. The number of hydrogen-bond donors (Lipinski definition) is 0. The maximum Gasteiger partial charge on any atom is 0.184 e. The Morgan fingerprint density at radius 2 is 1.72 bits per heavy atom. The van der Waals surface area contributed by atoms with Crippen molar-refractivity contribution in [3.05, 3.63) is 42.0 Å². The molecule has 1 aromatic rings. The van der Waals surface area contributed by atoms with Gasteiger partial charge in [-0.3, -0.25) is 0 Å². The molecule has 1 fully saturated rings. The van der Waals surface area contributed by atoms with E-state index in [1.54, 1.807) is 0 Å². The van der Waals surface area contributed by atoms with Gasteiger partial charge in [-0.2, -0.15) is 0 Å². The molecule has 1 aliphatic carbocycles. The highest BCUT2D eigenvalue weighted by Gasteiger charge is 2.43. The van der Waals surface area contributed by atoms with Gasteiger partial charge in [-0.15, -0.1) is 0 Å². The minimum atomic E-state index is -1.53. The summed E-state index contributed by atoms with van der Waals surface area (Å²) in [6, 6.07) is 8.65. The van der Waals surface area contributed by atoms with E-state index in [-0.39, 0.29) is 5.60 Å². The normalized spacial score (nSPS) is 18.2. The van der Waals surface area contributed by atoms with Crippen LogP contribution >= 0.6 is 0 Å². The van der Waals surface area contributed by atoms with Gasteiger partial charge in [0.15, 0.2) is 8.32 Å². The highest BCUT2D eigenvalue weighted by molar-refractivity contribution is 6.69. The summed E-state index contributed by atoms with van der Waals surface area (Å²) >= 11 is 0. The van der Waals surface area contributed by atoms with E-state index in [0.717, 1.165) is 12.8 Å². The lowest BCUT2D eigenvalue weighted by Crippen LogP contribution is -2.48. The van der Waals surface area contributed by atoms with Crippen LogP contribution in [0, 0.1) is 6.92 Å². The first-order chi connectivity index (χ1) is 8.32. The van der Waals surface area contributed by atoms with E-state index in [2.05, 4.69) is 57.4 Å². The third-order valence-electron chi connectivity index (χ3n) is 3.61. The lowest BCUT2D eigenvalue weighted by Gasteiger charge is -2.47. The predicted octanol–water partition coefficient (Wildman–Crippen LogP) is 4.78. The molecule has 98 valence electrons. The summed E-state index contributed by atoms with van der Waals surface area (Å²) in [6.07, 6.45) is 3.52. The van der Waals surface area contributed by atoms with E-state index < -0.39 is 8.32 Å². The number of aryl methyl sites for hydroxylation is 1. The van der Waals surface area contributed by atoms with Crippen LogP contribution in [-0.4, -0.2) is 13.9 Å².